The first-order valence-corrected chi connectivity index (χ1v) is 12.1. The van der Waals surface area contributed by atoms with Crippen LogP contribution in [0.5, 0.6) is 23.0 Å². The Morgan fingerprint density at radius 1 is 1.08 bits per heavy atom. The first-order valence-electron chi connectivity index (χ1n) is 12.1. The number of rotatable bonds is 6. The van der Waals surface area contributed by atoms with Crippen LogP contribution >= 0.6 is 0 Å². The number of ether oxygens (including phenoxy) is 4. The zero-order valence-electron chi connectivity index (χ0n) is 21.2. The summed E-state index contributed by atoms with van der Waals surface area (Å²) in [5.41, 5.74) is 3.83. The Morgan fingerprint density at radius 3 is 2.71 bits per heavy atom. The first kappa shape index (κ1) is 23.7. The van der Waals surface area contributed by atoms with E-state index in [1.165, 1.54) is 0 Å². The fraction of sp³-hybridized carbons (Fsp3) is 0.259. The van der Waals surface area contributed by atoms with E-state index in [2.05, 4.69) is 25.7 Å². The average Bonchev–Trinajstić information content (AvgIpc) is 3.62. The molecule has 1 atom stereocenters. The summed E-state index contributed by atoms with van der Waals surface area (Å²) in [4.78, 5) is 15.2. The highest BCUT2D eigenvalue weighted by atomic mass is 16.7. The summed E-state index contributed by atoms with van der Waals surface area (Å²) >= 11 is 0. The number of hydrogen-bond acceptors (Lipinski definition) is 9. The summed E-state index contributed by atoms with van der Waals surface area (Å²) in [5, 5.41) is 15.6. The van der Waals surface area contributed by atoms with Gasteiger partial charge in [0.2, 0.25) is 12.5 Å². The van der Waals surface area contributed by atoms with E-state index >= 15 is 0 Å². The molecule has 0 bridgehead atoms. The van der Waals surface area contributed by atoms with Crippen molar-refractivity contribution in [2.45, 2.75) is 12.5 Å². The van der Waals surface area contributed by atoms with Crippen molar-refractivity contribution in [3.8, 4) is 28.7 Å². The van der Waals surface area contributed by atoms with Crippen LogP contribution in [0.1, 0.15) is 33.4 Å². The zero-order valence-corrected chi connectivity index (χ0v) is 21.2. The zero-order chi connectivity index (χ0) is 26.2. The van der Waals surface area contributed by atoms with Crippen LogP contribution in [0.4, 0.5) is 5.69 Å². The molecule has 0 unspecified atom stereocenters. The summed E-state index contributed by atoms with van der Waals surface area (Å²) in [5.74, 6) is 2.95. The van der Waals surface area contributed by atoms with Crippen LogP contribution in [0.15, 0.2) is 54.6 Å². The smallest absolute Gasteiger partial charge is 0.255 e. The van der Waals surface area contributed by atoms with Gasteiger partial charge in [0.1, 0.15) is 11.8 Å². The number of carbonyl (C=O) groups is 1. The van der Waals surface area contributed by atoms with Crippen molar-refractivity contribution in [1.29, 1.82) is 0 Å². The second-order valence-electron chi connectivity index (χ2n) is 9.03. The molecule has 2 aliphatic heterocycles. The van der Waals surface area contributed by atoms with Crippen LogP contribution in [-0.2, 0) is 6.42 Å². The van der Waals surface area contributed by atoms with Gasteiger partial charge in [-0.25, -0.2) is 0 Å². The van der Waals surface area contributed by atoms with Crippen molar-refractivity contribution in [2.75, 3.05) is 39.9 Å². The molecule has 3 aromatic carbocycles. The van der Waals surface area contributed by atoms with Crippen molar-refractivity contribution in [1.82, 2.24) is 25.1 Å². The lowest BCUT2D eigenvalue weighted by Gasteiger charge is -2.34. The molecule has 0 fully saturated rings. The maximum atomic E-state index is 13.0. The van der Waals surface area contributed by atoms with Crippen molar-refractivity contribution in [3.05, 3.63) is 77.1 Å². The Labute approximate surface area is 218 Å². The molecule has 194 valence electrons. The molecule has 0 aliphatic carbocycles. The number of nitrogens with zero attached hydrogens (tertiary/aromatic N) is 5. The minimum Gasteiger partial charge on any atom is -0.497 e. The molecular weight excluding hydrogens is 488 g/mol. The number of anilines is 1. The van der Waals surface area contributed by atoms with Gasteiger partial charge < -0.3 is 24.3 Å². The Hall–Kier alpha value is -4.64. The standard InChI is InChI=1S/C27H26N6O5/c1-32-12-11-16-14-21-24(38-15-37-21)25(36-3)22(16)23(32)26-29-30-31-33(26)19-6-4-5-17(13-19)27(34)28-18-7-9-20(35-2)10-8-18/h4-10,13-14,23H,11-12,15H2,1-3H3,(H,28,34)/t23-/m0/s1. The molecule has 0 spiro atoms. The van der Waals surface area contributed by atoms with Crippen LogP contribution in [0.2, 0.25) is 0 Å². The van der Waals surface area contributed by atoms with Gasteiger partial charge in [-0.3, -0.25) is 9.69 Å². The Morgan fingerprint density at radius 2 is 1.92 bits per heavy atom. The third kappa shape index (κ3) is 4.06. The summed E-state index contributed by atoms with van der Waals surface area (Å²) in [7, 11) is 5.24. The van der Waals surface area contributed by atoms with Gasteiger partial charge >= 0.3 is 0 Å². The Kier molecular flexibility index (Phi) is 6.04. The van der Waals surface area contributed by atoms with Crippen molar-refractivity contribution in [3.63, 3.8) is 0 Å². The van der Waals surface area contributed by atoms with E-state index in [-0.39, 0.29) is 18.7 Å². The Balaban J connectivity index is 1.36. The van der Waals surface area contributed by atoms with Crippen molar-refractivity contribution < 1.29 is 23.7 Å². The molecule has 0 saturated carbocycles. The molecule has 0 radical (unpaired) electrons. The van der Waals surface area contributed by atoms with Crippen LogP contribution in [-0.4, -0.2) is 65.6 Å². The van der Waals surface area contributed by atoms with E-state index < -0.39 is 0 Å². The fourth-order valence-corrected chi connectivity index (χ4v) is 4.96. The SMILES string of the molecule is COc1ccc(NC(=O)c2cccc(-n3nnnc3[C@@H]3c4c(cc5c(c4OC)OCO5)CCN3C)c2)cc1. The molecule has 2 aliphatic rings. The average molecular weight is 515 g/mol. The number of aromatic nitrogens is 4. The predicted molar refractivity (Wildman–Crippen MR) is 137 cm³/mol. The molecule has 6 rings (SSSR count). The highest BCUT2D eigenvalue weighted by Gasteiger charge is 2.37. The molecule has 3 heterocycles. The first-order chi connectivity index (χ1) is 18.6. The molecule has 0 saturated heterocycles. The lowest BCUT2D eigenvalue weighted by molar-refractivity contribution is 0.102. The second kappa shape index (κ2) is 9.67. The number of tetrazole rings is 1. The van der Waals surface area contributed by atoms with Gasteiger partial charge in [0, 0.05) is 23.4 Å². The minimum atomic E-state index is -0.310. The third-order valence-corrected chi connectivity index (χ3v) is 6.83. The molecule has 1 aromatic heterocycles. The summed E-state index contributed by atoms with van der Waals surface area (Å²) in [6.07, 6.45) is 0.817. The highest BCUT2D eigenvalue weighted by Crippen LogP contribution is 2.50. The van der Waals surface area contributed by atoms with E-state index in [1.807, 2.05) is 19.2 Å². The lowest BCUT2D eigenvalue weighted by atomic mass is 9.90. The third-order valence-electron chi connectivity index (χ3n) is 6.83. The molecule has 11 nitrogen and oxygen atoms in total. The van der Waals surface area contributed by atoms with Gasteiger partial charge in [0.05, 0.1) is 19.9 Å². The number of fused-ring (bicyclic) bond motifs is 2. The largest absolute Gasteiger partial charge is 0.497 e. The molecular formula is C27H26N6O5. The fourth-order valence-electron chi connectivity index (χ4n) is 4.96. The number of nitrogens with one attached hydrogen (secondary N) is 1. The highest BCUT2D eigenvalue weighted by molar-refractivity contribution is 6.04. The number of amides is 1. The lowest BCUT2D eigenvalue weighted by Crippen LogP contribution is -2.35. The van der Waals surface area contributed by atoms with E-state index in [0.717, 1.165) is 24.1 Å². The summed E-state index contributed by atoms with van der Waals surface area (Å²) in [6, 6.07) is 16.0. The summed E-state index contributed by atoms with van der Waals surface area (Å²) < 4.78 is 24.0. The predicted octanol–water partition coefficient (Wildman–Crippen LogP) is 3.24. The maximum Gasteiger partial charge on any atom is 0.255 e. The van der Waals surface area contributed by atoms with Crippen LogP contribution in [0, 0.1) is 0 Å². The van der Waals surface area contributed by atoms with E-state index in [9.17, 15) is 4.79 Å². The molecule has 4 aromatic rings. The van der Waals surface area contributed by atoms with Crippen molar-refractivity contribution >= 4 is 11.6 Å². The van der Waals surface area contributed by atoms with Crippen LogP contribution < -0.4 is 24.3 Å². The van der Waals surface area contributed by atoms with E-state index in [4.69, 9.17) is 18.9 Å². The van der Waals surface area contributed by atoms with Gasteiger partial charge in [0.15, 0.2) is 17.3 Å². The topological polar surface area (TPSA) is 113 Å². The van der Waals surface area contributed by atoms with Gasteiger partial charge in [-0.15, -0.1) is 5.10 Å². The number of methoxy groups -OCH3 is 2. The monoisotopic (exact) mass is 514 g/mol. The van der Waals surface area contributed by atoms with E-state index in [1.54, 1.807) is 61.4 Å². The number of hydrogen-bond donors (Lipinski definition) is 1. The maximum absolute atomic E-state index is 13.0. The minimum absolute atomic E-state index is 0.151. The second-order valence-corrected chi connectivity index (χ2v) is 9.03. The van der Waals surface area contributed by atoms with Gasteiger partial charge in [0.25, 0.3) is 5.91 Å². The molecule has 1 N–H and O–H groups in total. The van der Waals surface area contributed by atoms with Gasteiger partial charge in [-0.1, -0.05) is 6.07 Å². The molecule has 38 heavy (non-hydrogen) atoms. The van der Waals surface area contributed by atoms with Gasteiger partial charge in [-0.05, 0) is 78.0 Å². The Bertz CT molecular complexity index is 1500. The van der Waals surface area contributed by atoms with Crippen LogP contribution in [0.3, 0.4) is 0 Å². The number of benzene rings is 3. The quantitative estimate of drug-likeness (QED) is 0.414. The molecule has 11 heteroatoms. The van der Waals surface area contributed by atoms with Gasteiger partial charge in [-0.2, -0.15) is 4.68 Å². The number of carbonyl (C=O) groups excluding carboxylic acids is 1. The van der Waals surface area contributed by atoms with Crippen molar-refractivity contribution in [2.24, 2.45) is 0 Å². The van der Waals surface area contributed by atoms with Crippen LogP contribution in [0.25, 0.3) is 5.69 Å². The normalized spacial score (nSPS) is 16.1. The number of likely N-dealkylation sites (N-methyl/N-ethyl adjacent to an activating group) is 1. The molecule has 1 amide bonds. The van der Waals surface area contributed by atoms with E-state index in [0.29, 0.717) is 45.8 Å². The summed E-state index contributed by atoms with van der Waals surface area (Å²) in [6.45, 7) is 0.940.